The highest BCUT2D eigenvalue weighted by atomic mass is 15.1. The Kier molecular flexibility index (Phi) is 8.47. The second-order valence-corrected chi connectivity index (χ2v) is 16.4. The molecule has 1 aliphatic carbocycles. The fraction of sp³-hybridized carbons (Fsp3) is 0.0164. The molecule has 62 heavy (non-hydrogen) atoms. The fourth-order valence-corrected chi connectivity index (χ4v) is 10.3. The lowest BCUT2D eigenvalue weighted by Gasteiger charge is -2.34. The number of hydrogen-bond donors (Lipinski definition) is 0. The average molecular weight is 788 g/mol. The Morgan fingerprint density at radius 3 is 1.65 bits per heavy atom. The predicted octanol–water partition coefficient (Wildman–Crippen LogP) is 16.3. The number of anilines is 3. The zero-order valence-corrected chi connectivity index (χ0v) is 34.1. The Balaban J connectivity index is 1.06. The van der Waals surface area contributed by atoms with Gasteiger partial charge in [0, 0.05) is 16.9 Å². The first-order valence-electron chi connectivity index (χ1n) is 21.5. The minimum Gasteiger partial charge on any atom is -0.310 e. The van der Waals surface area contributed by atoms with Crippen LogP contribution in [0.4, 0.5) is 17.1 Å². The molecule has 0 atom stereocenters. The number of rotatable bonds is 7. The summed E-state index contributed by atoms with van der Waals surface area (Å²) in [4.78, 5) is 2.47. The summed E-state index contributed by atoms with van der Waals surface area (Å²) in [6.45, 7) is 0. The van der Waals surface area contributed by atoms with E-state index in [4.69, 9.17) is 0 Å². The van der Waals surface area contributed by atoms with E-state index >= 15 is 0 Å². The summed E-state index contributed by atoms with van der Waals surface area (Å²) >= 11 is 0. The van der Waals surface area contributed by atoms with Gasteiger partial charge < -0.3 is 4.90 Å². The second-order valence-electron chi connectivity index (χ2n) is 16.4. The zero-order chi connectivity index (χ0) is 41.0. The van der Waals surface area contributed by atoms with E-state index < -0.39 is 5.41 Å². The first kappa shape index (κ1) is 35.9. The lowest BCUT2D eigenvalue weighted by atomic mass is 9.68. The van der Waals surface area contributed by atoms with Crippen molar-refractivity contribution in [1.29, 1.82) is 0 Å². The highest BCUT2D eigenvalue weighted by Gasteiger charge is 2.47. The van der Waals surface area contributed by atoms with E-state index in [1.807, 2.05) is 0 Å². The molecule has 0 bridgehead atoms. The Bertz CT molecular complexity index is 3420. The van der Waals surface area contributed by atoms with Gasteiger partial charge in [-0.05, 0) is 125 Å². The molecule has 1 heteroatoms. The second kappa shape index (κ2) is 14.6. The van der Waals surface area contributed by atoms with E-state index in [1.54, 1.807) is 0 Å². The van der Waals surface area contributed by atoms with Gasteiger partial charge in [-0.25, -0.2) is 0 Å². The average Bonchev–Trinajstić information content (AvgIpc) is 3.66. The van der Waals surface area contributed by atoms with Crippen LogP contribution in [0.25, 0.3) is 65.7 Å². The van der Waals surface area contributed by atoms with E-state index in [-0.39, 0.29) is 0 Å². The van der Waals surface area contributed by atoms with Crippen LogP contribution in [-0.2, 0) is 5.41 Å². The molecule has 0 amide bonds. The van der Waals surface area contributed by atoms with E-state index in [0.29, 0.717) is 0 Å². The van der Waals surface area contributed by atoms with Gasteiger partial charge in [0.1, 0.15) is 0 Å². The number of hydrogen-bond acceptors (Lipinski definition) is 1. The molecule has 1 aliphatic rings. The lowest BCUT2D eigenvalue weighted by Crippen LogP contribution is -2.28. The van der Waals surface area contributed by atoms with Crippen LogP contribution in [0.5, 0.6) is 0 Å². The summed E-state index contributed by atoms with van der Waals surface area (Å²) < 4.78 is 0. The molecule has 0 saturated carbocycles. The molecule has 290 valence electrons. The van der Waals surface area contributed by atoms with Gasteiger partial charge in [-0.3, -0.25) is 0 Å². The monoisotopic (exact) mass is 787 g/mol. The molecule has 11 aromatic carbocycles. The molecule has 0 spiro atoms. The highest BCUT2D eigenvalue weighted by Crippen LogP contribution is 2.59. The molecule has 0 aromatic heterocycles. The molecule has 0 aliphatic heterocycles. The maximum absolute atomic E-state index is 2.47. The normalized spacial score (nSPS) is 12.6. The summed E-state index contributed by atoms with van der Waals surface area (Å²) in [6.07, 6.45) is 0. The third-order valence-corrected chi connectivity index (χ3v) is 13.1. The smallest absolute Gasteiger partial charge is 0.0714 e. The molecule has 0 heterocycles. The van der Waals surface area contributed by atoms with Gasteiger partial charge in [-0.15, -0.1) is 0 Å². The Morgan fingerprint density at radius 2 is 0.839 bits per heavy atom. The quantitative estimate of drug-likeness (QED) is 0.145. The molecule has 11 aromatic rings. The highest BCUT2D eigenvalue weighted by molar-refractivity contribution is 6.08. The first-order chi connectivity index (χ1) is 30.7. The van der Waals surface area contributed by atoms with Gasteiger partial charge in [-0.2, -0.15) is 0 Å². The van der Waals surface area contributed by atoms with Crippen molar-refractivity contribution in [2.45, 2.75) is 5.41 Å². The van der Waals surface area contributed by atoms with E-state index in [0.717, 1.165) is 17.1 Å². The Hall–Kier alpha value is -8.00. The van der Waals surface area contributed by atoms with E-state index in [9.17, 15) is 0 Å². The van der Waals surface area contributed by atoms with Gasteiger partial charge in [-0.1, -0.05) is 206 Å². The molecular formula is C61H41N. The molecule has 0 N–H and O–H groups in total. The molecular weight excluding hydrogens is 747 g/mol. The summed E-state index contributed by atoms with van der Waals surface area (Å²) in [5, 5.41) is 7.56. The van der Waals surface area contributed by atoms with Crippen molar-refractivity contribution in [2.24, 2.45) is 0 Å². The van der Waals surface area contributed by atoms with E-state index in [2.05, 4.69) is 254 Å². The third kappa shape index (κ3) is 5.70. The van der Waals surface area contributed by atoms with Crippen LogP contribution in [0.3, 0.4) is 0 Å². The number of benzene rings is 11. The van der Waals surface area contributed by atoms with Crippen LogP contribution in [0.1, 0.15) is 22.3 Å². The zero-order valence-electron chi connectivity index (χ0n) is 34.1. The minimum absolute atomic E-state index is 0.506. The largest absolute Gasteiger partial charge is 0.310 e. The fourth-order valence-electron chi connectivity index (χ4n) is 10.3. The molecule has 12 rings (SSSR count). The summed E-state index contributed by atoms with van der Waals surface area (Å²) in [6, 6.07) is 91.7. The van der Waals surface area contributed by atoms with Crippen LogP contribution in [0.15, 0.2) is 249 Å². The van der Waals surface area contributed by atoms with Crippen LogP contribution < -0.4 is 4.90 Å². The van der Waals surface area contributed by atoms with Crippen molar-refractivity contribution in [3.05, 3.63) is 271 Å². The SMILES string of the molecule is c1ccc(C2(c3ccccc3)c3ccccc3-c3c(N(c4ccc(-c5ccc6c(ccc7ccccc76)c5)cc4)c4cccc(-c5ccc6ccccc6c5)c4)cccc32)cc1. The van der Waals surface area contributed by atoms with Gasteiger partial charge in [0.15, 0.2) is 0 Å². The maximum Gasteiger partial charge on any atom is 0.0714 e. The third-order valence-electron chi connectivity index (χ3n) is 13.1. The van der Waals surface area contributed by atoms with Crippen LogP contribution >= 0.6 is 0 Å². The van der Waals surface area contributed by atoms with Crippen molar-refractivity contribution in [3.8, 4) is 33.4 Å². The van der Waals surface area contributed by atoms with Crippen LogP contribution in [0, 0.1) is 0 Å². The van der Waals surface area contributed by atoms with Crippen molar-refractivity contribution in [3.63, 3.8) is 0 Å². The summed E-state index contributed by atoms with van der Waals surface area (Å²) in [7, 11) is 0. The van der Waals surface area contributed by atoms with Crippen LogP contribution in [0.2, 0.25) is 0 Å². The van der Waals surface area contributed by atoms with Gasteiger partial charge in [0.05, 0.1) is 11.1 Å². The lowest BCUT2D eigenvalue weighted by molar-refractivity contribution is 0.768. The first-order valence-corrected chi connectivity index (χ1v) is 21.5. The number of nitrogens with zero attached hydrogens (tertiary/aromatic N) is 1. The van der Waals surface area contributed by atoms with Crippen LogP contribution in [-0.4, -0.2) is 0 Å². The molecule has 0 unspecified atom stereocenters. The molecule has 0 saturated heterocycles. The molecule has 0 fully saturated rings. The molecule has 1 nitrogen and oxygen atoms in total. The number of fused-ring (bicyclic) bond motifs is 7. The van der Waals surface area contributed by atoms with Gasteiger partial charge in [0.2, 0.25) is 0 Å². The molecule has 0 radical (unpaired) electrons. The topological polar surface area (TPSA) is 3.24 Å². The summed E-state index contributed by atoms with van der Waals surface area (Å²) in [5.74, 6) is 0. The van der Waals surface area contributed by atoms with Gasteiger partial charge >= 0.3 is 0 Å². The van der Waals surface area contributed by atoms with E-state index in [1.165, 1.54) is 88.0 Å². The maximum atomic E-state index is 2.47. The Morgan fingerprint density at radius 1 is 0.290 bits per heavy atom. The van der Waals surface area contributed by atoms with Crippen molar-refractivity contribution in [1.82, 2.24) is 0 Å². The summed E-state index contributed by atoms with van der Waals surface area (Å²) in [5.41, 5.74) is 15.2. The Labute approximate surface area is 362 Å². The van der Waals surface area contributed by atoms with Crippen molar-refractivity contribution < 1.29 is 0 Å². The van der Waals surface area contributed by atoms with Crippen molar-refractivity contribution >= 4 is 49.4 Å². The standard InChI is InChI=1S/C61H41N/c1-3-19-50(20-4-1)61(51-21-5-2-6-22-51)57-26-12-11-25-56(57)60-58(61)27-14-28-59(60)62(53-23-13-18-46(41-53)48-31-29-42-15-7-8-17-45(42)39-48)52-36-33-43(34-37-52)47-35-38-55-49(40-47)32-30-44-16-9-10-24-54(44)55/h1-41H. The van der Waals surface area contributed by atoms with Gasteiger partial charge in [0.25, 0.3) is 0 Å². The minimum atomic E-state index is -0.506. The predicted molar refractivity (Wildman–Crippen MR) is 262 cm³/mol. The van der Waals surface area contributed by atoms with Crippen molar-refractivity contribution in [2.75, 3.05) is 4.90 Å².